The Labute approximate surface area is 177 Å². The van der Waals surface area contributed by atoms with Crippen molar-refractivity contribution in [2.45, 2.75) is 31.7 Å². The summed E-state index contributed by atoms with van der Waals surface area (Å²) < 4.78 is 13.0. The van der Waals surface area contributed by atoms with Crippen LogP contribution in [0.3, 0.4) is 0 Å². The second-order valence-corrected chi connectivity index (χ2v) is 8.15. The lowest BCUT2D eigenvalue weighted by Gasteiger charge is -2.22. The van der Waals surface area contributed by atoms with Gasteiger partial charge < -0.3 is 10.2 Å². The minimum absolute atomic E-state index is 0.0915. The van der Waals surface area contributed by atoms with Crippen LogP contribution in [0.25, 0.3) is 0 Å². The summed E-state index contributed by atoms with van der Waals surface area (Å²) in [4.78, 5) is 27.1. The van der Waals surface area contributed by atoms with E-state index in [0.717, 1.165) is 18.4 Å². The van der Waals surface area contributed by atoms with Crippen LogP contribution in [0.4, 0.5) is 10.1 Å². The molecular weight excluding hydrogens is 403 g/mol. The minimum atomic E-state index is -0.398. The predicted octanol–water partition coefficient (Wildman–Crippen LogP) is 4.23. The average molecular weight is 425 g/mol. The number of halogens is 1. The molecule has 1 fully saturated rings. The Balaban J connectivity index is 1.39. The number of amides is 2. The van der Waals surface area contributed by atoms with Crippen molar-refractivity contribution in [1.29, 1.82) is 0 Å². The number of likely N-dealkylation sites (tertiary alicyclic amines) is 1. The third-order valence-electron chi connectivity index (χ3n) is 5.07. The number of aryl methyl sites for hydroxylation is 1. The summed E-state index contributed by atoms with van der Waals surface area (Å²) in [5.74, 6) is -0.677. The molecular formula is C22H21FN4O2S. The zero-order chi connectivity index (χ0) is 20.9. The smallest absolute Gasteiger partial charge is 0.286 e. The number of hydrogen-bond acceptors (Lipinski definition) is 5. The van der Waals surface area contributed by atoms with Crippen molar-refractivity contribution < 1.29 is 14.0 Å². The molecule has 154 valence electrons. The highest BCUT2D eigenvalue weighted by molar-refractivity contribution is 7.13. The maximum atomic E-state index is 13.0. The van der Waals surface area contributed by atoms with Crippen molar-refractivity contribution in [3.63, 3.8) is 0 Å². The van der Waals surface area contributed by atoms with E-state index in [1.165, 1.54) is 35.6 Å². The van der Waals surface area contributed by atoms with E-state index in [1.807, 2.05) is 35.2 Å². The summed E-state index contributed by atoms with van der Waals surface area (Å²) in [6, 6.07) is 15.3. The maximum Gasteiger partial charge on any atom is 0.286 e. The Hall–Kier alpha value is -3.13. The van der Waals surface area contributed by atoms with Crippen LogP contribution in [-0.4, -0.2) is 33.5 Å². The number of hydrogen-bond donors (Lipinski definition) is 1. The highest BCUT2D eigenvalue weighted by Gasteiger charge is 2.32. The van der Waals surface area contributed by atoms with Crippen LogP contribution in [0.5, 0.6) is 0 Å². The lowest BCUT2D eigenvalue weighted by molar-refractivity contribution is -0.132. The van der Waals surface area contributed by atoms with Crippen molar-refractivity contribution in [2.24, 2.45) is 0 Å². The van der Waals surface area contributed by atoms with Gasteiger partial charge in [0.2, 0.25) is 10.9 Å². The number of carbonyl (C=O) groups is 2. The zero-order valence-electron chi connectivity index (χ0n) is 16.3. The van der Waals surface area contributed by atoms with Gasteiger partial charge in [0, 0.05) is 18.7 Å². The first-order valence-corrected chi connectivity index (χ1v) is 10.7. The molecule has 2 amide bonds. The molecule has 1 aliphatic heterocycles. The Kier molecular flexibility index (Phi) is 6.13. The van der Waals surface area contributed by atoms with Crippen LogP contribution in [0.2, 0.25) is 0 Å². The largest absolute Gasteiger partial charge is 0.333 e. The van der Waals surface area contributed by atoms with Gasteiger partial charge in [0.25, 0.3) is 5.91 Å². The number of benzene rings is 2. The maximum absolute atomic E-state index is 13.0. The minimum Gasteiger partial charge on any atom is -0.333 e. The fraction of sp³-hybridized carbons (Fsp3) is 0.273. The Morgan fingerprint density at radius 2 is 1.87 bits per heavy atom. The number of carbonyl (C=O) groups excluding carboxylic acids is 2. The van der Waals surface area contributed by atoms with Gasteiger partial charge in [-0.2, -0.15) is 0 Å². The third kappa shape index (κ3) is 4.71. The van der Waals surface area contributed by atoms with Crippen molar-refractivity contribution in [3.8, 4) is 0 Å². The highest BCUT2D eigenvalue weighted by Crippen LogP contribution is 2.34. The van der Waals surface area contributed by atoms with Gasteiger partial charge in [-0.1, -0.05) is 41.7 Å². The standard InChI is InChI=1S/C22H21FN4O2S/c23-16-9-11-17(12-10-16)24-20(29)22-26-25-21(30-22)18-7-4-14-27(18)19(28)13-8-15-5-2-1-3-6-15/h1-3,5-6,9-12,18H,4,7-8,13-14H2,(H,24,29)/t18-/m1/s1. The lowest BCUT2D eigenvalue weighted by atomic mass is 10.1. The summed E-state index contributed by atoms with van der Waals surface area (Å²) in [5.41, 5.74) is 1.62. The van der Waals surface area contributed by atoms with E-state index in [2.05, 4.69) is 15.5 Å². The topological polar surface area (TPSA) is 75.2 Å². The van der Waals surface area contributed by atoms with Gasteiger partial charge in [-0.15, -0.1) is 10.2 Å². The summed E-state index contributed by atoms with van der Waals surface area (Å²) in [6.07, 6.45) is 2.85. The Morgan fingerprint density at radius 1 is 1.10 bits per heavy atom. The molecule has 3 aromatic rings. The molecule has 1 aromatic heterocycles. The molecule has 1 aliphatic rings. The normalized spacial score (nSPS) is 15.9. The fourth-order valence-electron chi connectivity index (χ4n) is 3.54. The SMILES string of the molecule is O=C(Nc1ccc(F)cc1)c1nnc([C@H]2CCCN2C(=O)CCc2ccccc2)s1. The van der Waals surface area contributed by atoms with Crippen LogP contribution < -0.4 is 5.32 Å². The van der Waals surface area contributed by atoms with Gasteiger partial charge in [-0.25, -0.2) is 4.39 Å². The molecule has 0 aliphatic carbocycles. The molecule has 30 heavy (non-hydrogen) atoms. The number of nitrogens with one attached hydrogen (secondary N) is 1. The van der Waals surface area contributed by atoms with Crippen molar-refractivity contribution in [3.05, 3.63) is 76.0 Å². The molecule has 1 N–H and O–H groups in total. The van der Waals surface area contributed by atoms with Gasteiger partial charge in [-0.05, 0) is 49.1 Å². The van der Waals surface area contributed by atoms with E-state index in [4.69, 9.17) is 0 Å². The second kappa shape index (κ2) is 9.13. The summed E-state index contributed by atoms with van der Waals surface area (Å²) in [6.45, 7) is 0.689. The van der Waals surface area contributed by atoms with Gasteiger partial charge in [0.15, 0.2) is 0 Å². The molecule has 0 saturated carbocycles. The molecule has 8 heteroatoms. The number of rotatable bonds is 6. The molecule has 4 rings (SSSR count). The molecule has 0 unspecified atom stereocenters. The van der Waals surface area contributed by atoms with Crippen molar-refractivity contribution in [1.82, 2.24) is 15.1 Å². The van der Waals surface area contributed by atoms with Gasteiger partial charge in [0.1, 0.15) is 10.8 Å². The molecule has 2 aromatic carbocycles. The van der Waals surface area contributed by atoms with E-state index in [9.17, 15) is 14.0 Å². The first kappa shape index (κ1) is 20.2. The lowest BCUT2D eigenvalue weighted by Crippen LogP contribution is -2.30. The van der Waals surface area contributed by atoms with Gasteiger partial charge in [-0.3, -0.25) is 9.59 Å². The molecule has 6 nitrogen and oxygen atoms in total. The van der Waals surface area contributed by atoms with Crippen LogP contribution in [0.15, 0.2) is 54.6 Å². The molecule has 1 atom stereocenters. The van der Waals surface area contributed by atoms with E-state index >= 15 is 0 Å². The summed E-state index contributed by atoms with van der Waals surface area (Å²) in [7, 11) is 0. The van der Waals surface area contributed by atoms with E-state index in [0.29, 0.717) is 30.1 Å². The predicted molar refractivity (Wildman–Crippen MR) is 113 cm³/mol. The number of nitrogens with zero attached hydrogens (tertiary/aromatic N) is 3. The van der Waals surface area contributed by atoms with Gasteiger partial charge >= 0.3 is 0 Å². The second-order valence-electron chi connectivity index (χ2n) is 7.14. The summed E-state index contributed by atoms with van der Waals surface area (Å²) >= 11 is 1.19. The number of anilines is 1. The summed E-state index contributed by atoms with van der Waals surface area (Å²) in [5, 5.41) is 11.8. The monoisotopic (exact) mass is 424 g/mol. The van der Waals surface area contributed by atoms with E-state index in [-0.39, 0.29) is 22.8 Å². The molecule has 0 bridgehead atoms. The highest BCUT2D eigenvalue weighted by atomic mass is 32.1. The van der Waals surface area contributed by atoms with E-state index < -0.39 is 5.91 Å². The van der Waals surface area contributed by atoms with Crippen molar-refractivity contribution >= 4 is 28.8 Å². The van der Waals surface area contributed by atoms with E-state index in [1.54, 1.807) is 0 Å². The molecule has 0 radical (unpaired) electrons. The quantitative estimate of drug-likeness (QED) is 0.643. The van der Waals surface area contributed by atoms with Crippen LogP contribution >= 0.6 is 11.3 Å². The van der Waals surface area contributed by atoms with Crippen LogP contribution in [0.1, 0.15) is 45.7 Å². The average Bonchev–Trinajstić information content (AvgIpc) is 3.44. The Morgan fingerprint density at radius 3 is 2.63 bits per heavy atom. The molecule has 0 spiro atoms. The van der Waals surface area contributed by atoms with Crippen LogP contribution in [-0.2, 0) is 11.2 Å². The molecule has 2 heterocycles. The zero-order valence-corrected chi connectivity index (χ0v) is 17.1. The Bertz CT molecular complexity index is 1020. The molecule has 1 saturated heterocycles. The van der Waals surface area contributed by atoms with Crippen molar-refractivity contribution in [2.75, 3.05) is 11.9 Å². The number of aromatic nitrogens is 2. The first-order chi connectivity index (χ1) is 14.6. The third-order valence-corrected chi connectivity index (χ3v) is 6.09. The van der Waals surface area contributed by atoms with Gasteiger partial charge in [0.05, 0.1) is 6.04 Å². The van der Waals surface area contributed by atoms with Crippen LogP contribution in [0, 0.1) is 5.82 Å². The fourth-order valence-corrected chi connectivity index (χ4v) is 4.43. The first-order valence-electron chi connectivity index (χ1n) is 9.84.